The van der Waals surface area contributed by atoms with Crippen molar-refractivity contribution in [2.75, 3.05) is 25.0 Å². The van der Waals surface area contributed by atoms with E-state index in [1.54, 1.807) is 0 Å². The van der Waals surface area contributed by atoms with Crippen LogP contribution in [0.5, 0.6) is 5.75 Å². The van der Waals surface area contributed by atoms with Crippen molar-refractivity contribution in [2.24, 2.45) is 5.92 Å². The van der Waals surface area contributed by atoms with E-state index < -0.39 is 6.36 Å². The average Bonchev–Trinajstić information content (AvgIpc) is 2.42. The topological polar surface area (TPSA) is 41.6 Å². The highest BCUT2D eigenvalue weighted by Gasteiger charge is 2.31. The summed E-state index contributed by atoms with van der Waals surface area (Å²) < 4.78 is 39.9. The van der Waals surface area contributed by atoms with Crippen molar-refractivity contribution < 1.29 is 22.7 Å². The molecule has 1 heterocycles. The molecule has 7 heteroatoms. The molecule has 0 unspecified atom stereocenters. The molecule has 1 aromatic rings. The quantitative estimate of drug-likeness (QED) is 0.927. The zero-order valence-electron chi connectivity index (χ0n) is 12.3. The Morgan fingerprint density at radius 2 is 1.86 bits per heavy atom. The van der Waals surface area contributed by atoms with E-state index in [0.29, 0.717) is 18.2 Å². The van der Waals surface area contributed by atoms with Gasteiger partial charge in [0, 0.05) is 5.69 Å². The second kappa shape index (κ2) is 7.00. The summed E-state index contributed by atoms with van der Waals surface area (Å²) in [5.41, 5.74) is 0.449. The number of ether oxygens (including phenoxy) is 1. The maximum absolute atomic E-state index is 12.0. The molecule has 0 aliphatic carbocycles. The third-order valence-corrected chi connectivity index (χ3v) is 3.62. The van der Waals surface area contributed by atoms with Crippen LogP contribution in [0.4, 0.5) is 18.9 Å². The van der Waals surface area contributed by atoms with Gasteiger partial charge >= 0.3 is 6.36 Å². The molecule has 1 saturated heterocycles. The van der Waals surface area contributed by atoms with E-state index in [-0.39, 0.29) is 11.7 Å². The molecule has 1 N–H and O–H groups in total. The summed E-state index contributed by atoms with van der Waals surface area (Å²) in [6, 6.07) is 5.12. The minimum Gasteiger partial charge on any atom is -0.406 e. The van der Waals surface area contributed by atoms with Crippen LogP contribution in [-0.4, -0.2) is 36.8 Å². The Labute approximate surface area is 127 Å². The van der Waals surface area contributed by atoms with Gasteiger partial charge in [-0.3, -0.25) is 9.69 Å². The number of rotatable bonds is 4. The normalized spacial score (nSPS) is 17.3. The van der Waals surface area contributed by atoms with Gasteiger partial charge in [0.2, 0.25) is 5.91 Å². The van der Waals surface area contributed by atoms with Crippen LogP contribution in [-0.2, 0) is 4.79 Å². The van der Waals surface area contributed by atoms with Gasteiger partial charge in [-0.25, -0.2) is 0 Å². The van der Waals surface area contributed by atoms with Gasteiger partial charge in [0.25, 0.3) is 0 Å². The smallest absolute Gasteiger partial charge is 0.406 e. The molecule has 0 spiro atoms. The van der Waals surface area contributed by atoms with Gasteiger partial charge in [0.1, 0.15) is 5.75 Å². The number of piperidine rings is 1. The molecule has 122 valence electrons. The van der Waals surface area contributed by atoms with E-state index in [9.17, 15) is 18.0 Å². The first-order chi connectivity index (χ1) is 10.3. The molecule has 2 rings (SSSR count). The Balaban J connectivity index is 1.81. The van der Waals surface area contributed by atoms with Crippen LogP contribution in [0.25, 0.3) is 0 Å². The zero-order valence-corrected chi connectivity index (χ0v) is 12.3. The fourth-order valence-electron chi connectivity index (χ4n) is 2.36. The van der Waals surface area contributed by atoms with Gasteiger partial charge < -0.3 is 10.1 Å². The number of nitrogens with zero attached hydrogens (tertiary/aromatic N) is 1. The molecule has 0 saturated carbocycles. The molecule has 0 radical (unpaired) electrons. The summed E-state index contributed by atoms with van der Waals surface area (Å²) in [5, 5.41) is 2.67. The Kier molecular flexibility index (Phi) is 5.28. The summed E-state index contributed by atoms with van der Waals surface area (Å²) in [7, 11) is 0. The van der Waals surface area contributed by atoms with Gasteiger partial charge in [0.05, 0.1) is 6.54 Å². The van der Waals surface area contributed by atoms with Crippen molar-refractivity contribution in [3.05, 3.63) is 24.3 Å². The summed E-state index contributed by atoms with van der Waals surface area (Å²) >= 11 is 0. The first-order valence-corrected chi connectivity index (χ1v) is 7.20. The second-order valence-electron chi connectivity index (χ2n) is 5.58. The molecular weight excluding hydrogens is 297 g/mol. The van der Waals surface area contributed by atoms with Gasteiger partial charge in [-0.2, -0.15) is 0 Å². The lowest BCUT2D eigenvalue weighted by Crippen LogP contribution is -2.38. The van der Waals surface area contributed by atoms with E-state index in [0.717, 1.165) is 25.9 Å². The Hall–Kier alpha value is -1.76. The highest BCUT2D eigenvalue weighted by atomic mass is 19.4. The van der Waals surface area contributed by atoms with Crippen molar-refractivity contribution in [3.63, 3.8) is 0 Å². The van der Waals surface area contributed by atoms with E-state index in [1.807, 2.05) is 0 Å². The number of alkyl halides is 3. The number of amides is 1. The minimum atomic E-state index is -4.71. The van der Waals surface area contributed by atoms with E-state index in [2.05, 4.69) is 21.9 Å². The van der Waals surface area contributed by atoms with E-state index in [4.69, 9.17) is 0 Å². The van der Waals surface area contributed by atoms with Crippen LogP contribution in [0.1, 0.15) is 19.8 Å². The van der Waals surface area contributed by atoms with Crippen molar-refractivity contribution in [1.82, 2.24) is 4.90 Å². The van der Waals surface area contributed by atoms with Crippen molar-refractivity contribution >= 4 is 11.6 Å². The number of carbonyl (C=O) groups is 1. The molecule has 0 atom stereocenters. The highest BCUT2D eigenvalue weighted by Crippen LogP contribution is 2.24. The van der Waals surface area contributed by atoms with Crippen molar-refractivity contribution in [2.45, 2.75) is 26.1 Å². The Morgan fingerprint density at radius 3 is 2.41 bits per heavy atom. The average molecular weight is 316 g/mol. The van der Waals surface area contributed by atoms with Gasteiger partial charge in [-0.05, 0) is 56.1 Å². The number of anilines is 1. The minimum absolute atomic E-state index is 0.168. The number of nitrogens with one attached hydrogen (secondary N) is 1. The van der Waals surface area contributed by atoms with Crippen LogP contribution >= 0.6 is 0 Å². The third-order valence-electron chi connectivity index (χ3n) is 3.62. The lowest BCUT2D eigenvalue weighted by Gasteiger charge is -2.29. The SMILES string of the molecule is CC1CCN(CC(=O)Nc2ccc(OC(F)(F)F)cc2)CC1. The molecule has 1 fully saturated rings. The molecule has 0 aromatic heterocycles. The van der Waals surface area contributed by atoms with Crippen molar-refractivity contribution in [1.29, 1.82) is 0 Å². The number of hydrogen-bond donors (Lipinski definition) is 1. The number of carbonyl (C=O) groups excluding carboxylic acids is 1. The molecule has 1 aromatic carbocycles. The number of benzene rings is 1. The van der Waals surface area contributed by atoms with Crippen molar-refractivity contribution in [3.8, 4) is 5.75 Å². The Bertz CT molecular complexity index is 495. The second-order valence-corrected chi connectivity index (χ2v) is 5.58. The molecule has 22 heavy (non-hydrogen) atoms. The van der Waals surface area contributed by atoms with Gasteiger partial charge in [0.15, 0.2) is 0 Å². The molecule has 1 aliphatic heterocycles. The van der Waals surface area contributed by atoms with Gasteiger partial charge in [-0.15, -0.1) is 13.2 Å². The monoisotopic (exact) mass is 316 g/mol. The highest BCUT2D eigenvalue weighted by molar-refractivity contribution is 5.92. The third kappa shape index (κ3) is 5.55. The summed E-state index contributed by atoms with van der Waals surface area (Å²) in [4.78, 5) is 14.0. The summed E-state index contributed by atoms with van der Waals surface area (Å²) in [5.74, 6) is 0.218. The fraction of sp³-hybridized carbons (Fsp3) is 0.533. The zero-order chi connectivity index (χ0) is 16.2. The van der Waals surface area contributed by atoms with Gasteiger partial charge in [-0.1, -0.05) is 6.92 Å². The number of hydrogen-bond acceptors (Lipinski definition) is 3. The number of likely N-dealkylation sites (tertiary alicyclic amines) is 1. The largest absolute Gasteiger partial charge is 0.573 e. The fourth-order valence-corrected chi connectivity index (χ4v) is 2.36. The standard InChI is InChI=1S/C15H19F3N2O2/c1-11-6-8-20(9-7-11)10-14(21)19-12-2-4-13(5-3-12)22-15(16,17)18/h2-5,11H,6-10H2,1H3,(H,19,21). The summed E-state index contributed by atoms with van der Waals surface area (Å²) in [6.45, 7) is 4.29. The molecule has 1 amide bonds. The lowest BCUT2D eigenvalue weighted by atomic mass is 9.99. The van der Waals surface area contributed by atoms with E-state index in [1.165, 1.54) is 24.3 Å². The summed E-state index contributed by atoms with van der Waals surface area (Å²) in [6.07, 6.45) is -2.55. The molecular formula is C15H19F3N2O2. The van der Waals surface area contributed by atoms with Crippen LogP contribution < -0.4 is 10.1 Å². The van der Waals surface area contributed by atoms with E-state index >= 15 is 0 Å². The maximum atomic E-state index is 12.0. The van der Waals surface area contributed by atoms with Crippen LogP contribution in [0.2, 0.25) is 0 Å². The molecule has 0 bridgehead atoms. The predicted molar refractivity (Wildman–Crippen MR) is 76.6 cm³/mol. The van der Waals surface area contributed by atoms with Crippen LogP contribution in [0, 0.1) is 5.92 Å². The Morgan fingerprint density at radius 1 is 1.27 bits per heavy atom. The van der Waals surface area contributed by atoms with Crippen LogP contribution in [0.3, 0.4) is 0 Å². The first-order valence-electron chi connectivity index (χ1n) is 7.20. The maximum Gasteiger partial charge on any atom is 0.573 e. The first kappa shape index (κ1) is 16.6. The van der Waals surface area contributed by atoms with Crippen LogP contribution in [0.15, 0.2) is 24.3 Å². The number of halogens is 3. The molecule has 1 aliphatic rings. The predicted octanol–water partition coefficient (Wildman–Crippen LogP) is 3.26. The molecule has 4 nitrogen and oxygen atoms in total. The lowest BCUT2D eigenvalue weighted by molar-refractivity contribution is -0.274.